The molecule has 1 N–H and O–H groups in total. The Labute approximate surface area is 126 Å². The molecular weight excluding hydrogens is 312 g/mol. The Bertz CT molecular complexity index is 690. The molecule has 0 saturated carbocycles. The number of hydrogen-bond donors (Lipinski definition) is 1. The molecule has 6 nitrogen and oxygen atoms in total. The summed E-state index contributed by atoms with van der Waals surface area (Å²) < 4.78 is 51.2. The SMILES string of the molecule is CC(NS(=O)(=O)N1CCCC1)c1ccc(S(C)(=O)=O)cc1. The molecule has 2 rings (SSSR count). The summed E-state index contributed by atoms with van der Waals surface area (Å²) in [5, 5.41) is 0. The molecule has 0 aromatic heterocycles. The fraction of sp³-hybridized carbons (Fsp3) is 0.538. The van der Waals surface area contributed by atoms with Crippen LogP contribution in [0.5, 0.6) is 0 Å². The Balaban J connectivity index is 2.11. The third-order valence-corrected chi connectivity index (χ3v) is 6.36. The van der Waals surface area contributed by atoms with Crippen LogP contribution in [-0.4, -0.2) is 40.5 Å². The molecule has 8 heteroatoms. The predicted octanol–water partition coefficient (Wildman–Crippen LogP) is 1.08. The van der Waals surface area contributed by atoms with E-state index in [2.05, 4.69) is 4.72 Å². The molecule has 0 amide bonds. The Morgan fingerprint density at radius 1 is 1.05 bits per heavy atom. The molecule has 0 aliphatic carbocycles. The van der Waals surface area contributed by atoms with Crippen LogP contribution >= 0.6 is 0 Å². The molecule has 1 aromatic rings. The maximum absolute atomic E-state index is 12.2. The second kappa shape index (κ2) is 6.04. The van der Waals surface area contributed by atoms with Gasteiger partial charge >= 0.3 is 0 Å². The van der Waals surface area contributed by atoms with Gasteiger partial charge in [-0.1, -0.05) is 12.1 Å². The molecule has 1 aliphatic heterocycles. The normalized spacial score (nSPS) is 18.8. The van der Waals surface area contributed by atoms with Gasteiger partial charge in [0.15, 0.2) is 9.84 Å². The van der Waals surface area contributed by atoms with E-state index in [1.165, 1.54) is 16.4 Å². The van der Waals surface area contributed by atoms with Crippen LogP contribution in [0.4, 0.5) is 0 Å². The quantitative estimate of drug-likeness (QED) is 0.874. The molecule has 118 valence electrons. The maximum atomic E-state index is 12.2. The molecular formula is C13H20N2O4S2. The van der Waals surface area contributed by atoms with Crippen LogP contribution in [-0.2, 0) is 20.0 Å². The van der Waals surface area contributed by atoms with E-state index in [9.17, 15) is 16.8 Å². The number of hydrogen-bond acceptors (Lipinski definition) is 4. The molecule has 0 radical (unpaired) electrons. The lowest BCUT2D eigenvalue weighted by atomic mass is 10.1. The summed E-state index contributed by atoms with van der Waals surface area (Å²) in [6.45, 7) is 2.84. The fourth-order valence-electron chi connectivity index (χ4n) is 2.30. The van der Waals surface area contributed by atoms with Gasteiger partial charge in [0.2, 0.25) is 0 Å². The van der Waals surface area contributed by atoms with E-state index in [4.69, 9.17) is 0 Å². The smallest absolute Gasteiger partial charge is 0.224 e. The first kappa shape index (κ1) is 16.4. The first-order valence-electron chi connectivity index (χ1n) is 6.77. The van der Waals surface area contributed by atoms with E-state index in [0.717, 1.165) is 24.7 Å². The van der Waals surface area contributed by atoms with Gasteiger partial charge in [-0.25, -0.2) is 8.42 Å². The predicted molar refractivity (Wildman–Crippen MR) is 80.8 cm³/mol. The average Bonchev–Trinajstić information content (AvgIpc) is 2.92. The van der Waals surface area contributed by atoms with Crippen molar-refractivity contribution in [3.8, 4) is 0 Å². The number of benzene rings is 1. The summed E-state index contributed by atoms with van der Waals surface area (Å²) >= 11 is 0. The monoisotopic (exact) mass is 332 g/mol. The van der Waals surface area contributed by atoms with Crippen molar-refractivity contribution in [3.63, 3.8) is 0 Å². The van der Waals surface area contributed by atoms with Gasteiger partial charge in [-0.2, -0.15) is 17.4 Å². The first-order valence-corrected chi connectivity index (χ1v) is 10.1. The van der Waals surface area contributed by atoms with Gasteiger partial charge in [-0.3, -0.25) is 0 Å². The second-order valence-corrected chi connectivity index (χ2v) is 9.01. The number of sulfone groups is 1. The van der Waals surface area contributed by atoms with Crippen molar-refractivity contribution in [2.75, 3.05) is 19.3 Å². The molecule has 1 aromatic carbocycles. The summed E-state index contributed by atoms with van der Waals surface area (Å²) in [4.78, 5) is 0.223. The average molecular weight is 332 g/mol. The minimum absolute atomic E-state index is 0.223. The maximum Gasteiger partial charge on any atom is 0.279 e. The number of nitrogens with zero attached hydrogens (tertiary/aromatic N) is 1. The van der Waals surface area contributed by atoms with Crippen LogP contribution in [0.25, 0.3) is 0 Å². The van der Waals surface area contributed by atoms with Gasteiger partial charge in [0, 0.05) is 25.4 Å². The number of rotatable bonds is 5. The third kappa shape index (κ3) is 4.03. The molecule has 1 fully saturated rings. The minimum atomic E-state index is -3.48. The van der Waals surface area contributed by atoms with Crippen LogP contribution < -0.4 is 4.72 Å². The second-order valence-electron chi connectivity index (χ2n) is 5.29. The summed E-state index contributed by atoms with van der Waals surface area (Å²) in [5.74, 6) is 0. The van der Waals surface area contributed by atoms with Crippen molar-refractivity contribution in [3.05, 3.63) is 29.8 Å². The lowest BCUT2D eigenvalue weighted by Crippen LogP contribution is -2.40. The van der Waals surface area contributed by atoms with Gasteiger partial charge in [-0.15, -0.1) is 0 Å². The zero-order valence-electron chi connectivity index (χ0n) is 12.1. The summed E-state index contributed by atoms with van der Waals surface area (Å²) in [6.07, 6.45) is 2.91. The third-order valence-electron chi connectivity index (χ3n) is 3.54. The molecule has 0 spiro atoms. The van der Waals surface area contributed by atoms with Crippen LogP contribution in [0.2, 0.25) is 0 Å². The molecule has 1 saturated heterocycles. The summed E-state index contributed by atoms with van der Waals surface area (Å²) in [5.41, 5.74) is 0.727. The largest absolute Gasteiger partial charge is 0.279 e. The molecule has 1 atom stereocenters. The van der Waals surface area contributed by atoms with Crippen LogP contribution in [0.3, 0.4) is 0 Å². The Kier molecular flexibility index (Phi) is 4.72. The summed E-state index contributed by atoms with van der Waals surface area (Å²) in [7, 11) is -6.72. The lowest BCUT2D eigenvalue weighted by molar-refractivity contribution is 0.457. The van der Waals surface area contributed by atoms with Crippen molar-refractivity contribution >= 4 is 20.0 Å². The topological polar surface area (TPSA) is 83.6 Å². The standard InChI is InChI=1S/C13H20N2O4S2/c1-11(14-21(18,19)15-9-3-4-10-15)12-5-7-13(8-6-12)20(2,16)17/h5-8,11,14H,3-4,9-10H2,1-2H3. The van der Waals surface area contributed by atoms with Gasteiger partial charge in [0.1, 0.15) is 0 Å². The van der Waals surface area contributed by atoms with Gasteiger partial charge in [0.25, 0.3) is 10.2 Å². The highest BCUT2D eigenvalue weighted by Crippen LogP contribution is 2.19. The zero-order valence-corrected chi connectivity index (χ0v) is 13.7. The highest BCUT2D eigenvalue weighted by atomic mass is 32.2. The van der Waals surface area contributed by atoms with Crippen LogP contribution in [0.15, 0.2) is 29.2 Å². The van der Waals surface area contributed by atoms with Gasteiger partial charge in [0.05, 0.1) is 4.90 Å². The Morgan fingerprint density at radius 2 is 1.57 bits per heavy atom. The van der Waals surface area contributed by atoms with Crippen LogP contribution in [0, 0.1) is 0 Å². The van der Waals surface area contributed by atoms with Gasteiger partial charge in [-0.05, 0) is 37.5 Å². The van der Waals surface area contributed by atoms with E-state index < -0.39 is 26.1 Å². The van der Waals surface area contributed by atoms with Crippen molar-refractivity contribution in [2.24, 2.45) is 0 Å². The first-order chi connectivity index (χ1) is 9.70. The Morgan fingerprint density at radius 3 is 2.05 bits per heavy atom. The van der Waals surface area contributed by atoms with E-state index in [-0.39, 0.29) is 4.90 Å². The fourth-order valence-corrected chi connectivity index (χ4v) is 4.40. The highest BCUT2D eigenvalue weighted by Gasteiger charge is 2.26. The zero-order chi connectivity index (χ0) is 15.7. The van der Waals surface area contributed by atoms with Crippen LogP contribution in [0.1, 0.15) is 31.4 Å². The molecule has 1 aliphatic rings. The number of nitrogens with one attached hydrogen (secondary N) is 1. The van der Waals surface area contributed by atoms with E-state index in [1.54, 1.807) is 19.1 Å². The highest BCUT2D eigenvalue weighted by molar-refractivity contribution is 7.90. The summed E-state index contributed by atoms with van der Waals surface area (Å²) in [6, 6.07) is 5.83. The van der Waals surface area contributed by atoms with Crippen molar-refractivity contribution in [1.82, 2.24) is 9.03 Å². The molecule has 1 unspecified atom stereocenters. The minimum Gasteiger partial charge on any atom is -0.224 e. The Hall–Kier alpha value is -0.960. The van der Waals surface area contributed by atoms with Crippen molar-refractivity contribution in [2.45, 2.75) is 30.7 Å². The van der Waals surface area contributed by atoms with Crippen molar-refractivity contribution < 1.29 is 16.8 Å². The van der Waals surface area contributed by atoms with E-state index in [0.29, 0.717) is 13.1 Å². The lowest BCUT2D eigenvalue weighted by Gasteiger charge is -2.20. The van der Waals surface area contributed by atoms with E-state index in [1.807, 2.05) is 0 Å². The van der Waals surface area contributed by atoms with Crippen molar-refractivity contribution in [1.29, 1.82) is 0 Å². The molecule has 21 heavy (non-hydrogen) atoms. The molecule has 0 bridgehead atoms. The van der Waals surface area contributed by atoms with E-state index >= 15 is 0 Å². The van der Waals surface area contributed by atoms with Gasteiger partial charge < -0.3 is 0 Å². The molecule has 1 heterocycles.